The lowest BCUT2D eigenvalue weighted by atomic mass is 10.1. The second-order valence-corrected chi connectivity index (χ2v) is 5.87. The topological polar surface area (TPSA) is 44.1 Å². The van der Waals surface area contributed by atoms with E-state index in [1.54, 1.807) is 0 Å². The van der Waals surface area contributed by atoms with E-state index in [1.807, 2.05) is 11.7 Å². The monoisotopic (exact) mass is 328 g/mol. The first-order valence-corrected chi connectivity index (χ1v) is 7.74. The summed E-state index contributed by atoms with van der Waals surface area (Å²) in [5.41, 5.74) is 2.00. The number of carbonyl (C=O) groups is 1. The van der Waals surface area contributed by atoms with Gasteiger partial charge in [-0.2, -0.15) is 5.10 Å². The molecule has 106 valence electrons. The van der Waals surface area contributed by atoms with Crippen LogP contribution in [0, 0.1) is 0 Å². The number of halogens is 1. The zero-order chi connectivity index (χ0) is 13.8. The van der Waals surface area contributed by atoms with Crippen LogP contribution in [0.5, 0.6) is 0 Å². The number of rotatable bonds is 6. The van der Waals surface area contributed by atoms with Gasteiger partial charge in [0.15, 0.2) is 0 Å². The predicted molar refractivity (Wildman–Crippen MR) is 77.2 cm³/mol. The largest absolute Gasteiger partial charge is 0.378 e. The molecule has 2 rings (SSSR count). The van der Waals surface area contributed by atoms with Gasteiger partial charge >= 0.3 is 0 Å². The maximum absolute atomic E-state index is 12.1. The molecular weight excluding hydrogens is 308 g/mol. The molecule has 1 aliphatic rings. The normalized spacial score (nSPS) is 19.0. The van der Waals surface area contributed by atoms with Crippen molar-refractivity contribution < 1.29 is 9.53 Å². The number of ketones is 1. The predicted octanol–water partition coefficient (Wildman–Crippen LogP) is 2.82. The van der Waals surface area contributed by atoms with Crippen LogP contribution < -0.4 is 0 Å². The number of hydrogen-bond donors (Lipinski definition) is 0. The standard InChI is InChI=1S/C14H21BrN2O2/c1-3-12-14(15)13(17(2)16-12)9-10(18)6-7-11-5-4-8-19-11/h11H,3-9H2,1-2H3. The van der Waals surface area contributed by atoms with E-state index in [4.69, 9.17) is 4.74 Å². The summed E-state index contributed by atoms with van der Waals surface area (Å²) in [5.74, 6) is 0.266. The molecule has 4 nitrogen and oxygen atoms in total. The van der Waals surface area contributed by atoms with Gasteiger partial charge in [-0.1, -0.05) is 6.92 Å². The number of hydrogen-bond acceptors (Lipinski definition) is 3. The van der Waals surface area contributed by atoms with Crippen molar-refractivity contribution in [3.63, 3.8) is 0 Å². The first kappa shape index (κ1) is 14.7. The molecule has 1 aliphatic heterocycles. The number of ether oxygens (including phenoxy) is 1. The van der Waals surface area contributed by atoms with Gasteiger partial charge in [0.2, 0.25) is 0 Å². The van der Waals surface area contributed by atoms with Gasteiger partial charge in [0.1, 0.15) is 5.78 Å². The highest BCUT2D eigenvalue weighted by atomic mass is 79.9. The van der Waals surface area contributed by atoms with Crippen LogP contribution in [0.25, 0.3) is 0 Å². The zero-order valence-electron chi connectivity index (χ0n) is 11.6. The Bertz CT molecular complexity index is 451. The lowest BCUT2D eigenvalue weighted by molar-refractivity contribution is -0.119. The van der Waals surface area contributed by atoms with E-state index in [9.17, 15) is 4.79 Å². The average Bonchev–Trinajstić information content (AvgIpc) is 2.99. The van der Waals surface area contributed by atoms with E-state index in [2.05, 4.69) is 28.0 Å². The summed E-state index contributed by atoms with van der Waals surface area (Å²) < 4.78 is 8.34. The lowest BCUT2D eigenvalue weighted by Crippen LogP contribution is -2.12. The maximum Gasteiger partial charge on any atom is 0.138 e. The van der Waals surface area contributed by atoms with Crippen molar-refractivity contribution in [2.75, 3.05) is 6.61 Å². The molecule has 19 heavy (non-hydrogen) atoms. The average molecular weight is 329 g/mol. The number of Topliss-reactive ketones (excluding diaryl/α,β-unsaturated/α-hetero) is 1. The quantitative estimate of drug-likeness (QED) is 0.806. The molecule has 1 fully saturated rings. The number of aryl methyl sites for hydroxylation is 2. The van der Waals surface area contributed by atoms with Crippen molar-refractivity contribution in [2.24, 2.45) is 7.05 Å². The third kappa shape index (κ3) is 3.66. The van der Waals surface area contributed by atoms with Gasteiger partial charge in [-0.05, 0) is 41.6 Å². The zero-order valence-corrected chi connectivity index (χ0v) is 13.2. The minimum absolute atomic E-state index is 0.266. The Balaban J connectivity index is 1.89. The van der Waals surface area contributed by atoms with Crippen molar-refractivity contribution in [1.82, 2.24) is 9.78 Å². The van der Waals surface area contributed by atoms with E-state index in [-0.39, 0.29) is 5.78 Å². The van der Waals surface area contributed by atoms with Crippen LogP contribution in [0.3, 0.4) is 0 Å². The highest BCUT2D eigenvalue weighted by Crippen LogP contribution is 2.23. The molecule has 2 heterocycles. The van der Waals surface area contributed by atoms with E-state index in [0.717, 1.165) is 48.2 Å². The molecule has 0 saturated carbocycles. The van der Waals surface area contributed by atoms with Crippen LogP contribution in [-0.2, 0) is 29.4 Å². The molecule has 0 aromatic carbocycles. The third-order valence-corrected chi connectivity index (χ3v) is 4.55. The van der Waals surface area contributed by atoms with Crippen molar-refractivity contribution in [3.8, 4) is 0 Å². The Kier molecular flexibility index (Phi) is 5.16. The van der Waals surface area contributed by atoms with Crippen LogP contribution in [0.1, 0.15) is 44.0 Å². The summed E-state index contributed by atoms with van der Waals surface area (Å²) in [5, 5.41) is 4.41. The van der Waals surface area contributed by atoms with Gasteiger partial charge in [0.05, 0.1) is 22.0 Å². The molecular formula is C14H21BrN2O2. The van der Waals surface area contributed by atoms with Crippen LogP contribution >= 0.6 is 15.9 Å². The van der Waals surface area contributed by atoms with Gasteiger partial charge in [-0.15, -0.1) is 0 Å². The van der Waals surface area contributed by atoms with Gasteiger partial charge in [0, 0.05) is 26.5 Å². The van der Waals surface area contributed by atoms with Crippen LogP contribution in [-0.4, -0.2) is 28.3 Å². The number of aromatic nitrogens is 2. The van der Waals surface area contributed by atoms with E-state index in [1.165, 1.54) is 0 Å². The van der Waals surface area contributed by atoms with Gasteiger partial charge in [0.25, 0.3) is 0 Å². The molecule has 5 heteroatoms. The Hall–Kier alpha value is -0.680. The van der Waals surface area contributed by atoms with Gasteiger partial charge in [-0.3, -0.25) is 9.48 Å². The van der Waals surface area contributed by atoms with E-state index in [0.29, 0.717) is 18.9 Å². The molecule has 1 aromatic heterocycles. The fourth-order valence-corrected chi connectivity index (χ4v) is 3.24. The van der Waals surface area contributed by atoms with Crippen molar-refractivity contribution >= 4 is 21.7 Å². The molecule has 0 radical (unpaired) electrons. The molecule has 0 bridgehead atoms. The van der Waals surface area contributed by atoms with Crippen molar-refractivity contribution in [1.29, 1.82) is 0 Å². The van der Waals surface area contributed by atoms with Crippen molar-refractivity contribution in [2.45, 2.75) is 51.6 Å². The number of nitrogens with zero attached hydrogens (tertiary/aromatic N) is 2. The summed E-state index contributed by atoms with van der Waals surface area (Å²) in [6.45, 7) is 2.92. The smallest absolute Gasteiger partial charge is 0.138 e. The summed E-state index contributed by atoms with van der Waals surface area (Å²) in [6, 6.07) is 0. The number of carbonyl (C=O) groups excluding carboxylic acids is 1. The highest BCUT2D eigenvalue weighted by Gasteiger charge is 2.19. The Morgan fingerprint density at radius 3 is 2.95 bits per heavy atom. The van der Waals surface area contributed by atoms with Crippen molar-refractivity contribution in [3.05, 3.63) is 15.9 Å². The third-order valence-electron chi connectivity index (χ3n) is 3.64. The van der Waals surface area contributed by atoms with E-state index < -0.39 is 0 Å². The summed E-state index contributed by atoms with van der Waals surface area (Å²) in [7, 11) is 1.90. The maximum atomic E-state index is 12.1. The molecule has 1 unspecified atom stereocenters. The highest BCUT2D eigenvalue weighted by molar-refractivity contribution is 9.10. The molecule has 1 atom stereocenters. The summed E-state index contributed by atoms with van der Waals surface area (Å²) >= 11 is 3.55. The second kappa shape index (κ2) is 6.66. The summed E-state index contributed by atoms with van der Waals surface area (Å²) in [6.07, 6.45) is 5.31. The summed E-state index contributed by atoms with van der Waals surface area (Å²) in [4.78, 5) is 12.1. The molecule has 0 spiro atoms. The molecule has 0 N–H and O–H groups in total. The Morgan fingerprint density at radius 1 is 1.58 bits per heavy atom. The van der Waals surface area contributed by atoms with Gasteiger partial charge < -0.3 is 4.74 Å². The Labute approximate surface area is 122 Å². The first-order chi connectivity index (χ1) is 9.11. The molecule has 1 saturated heterocycles. The SMILES string of the molecule is CCc1nn(C)c(CC(=O)CCC2CCCO2)c1Br. The molecule has 1 aromatic rings. The van der Waals surface area contributed by atoms with Crippen LogP contribution in [0.15, 0.2) is 4.47 Å². The van der Waals surface area contributed by atoms with Gasteiger partial charge in [-0.25, -0.2) is 0 Å². The van der Waals surface area contributed by atoms with Crippen LogP contribution in [0.4, 0.5) is 0 Å². The van der Waals surface area contributed by atoms with Crippen LogP contribution in [0.2, 0.25) is 0 Å². The Morgan fingerprint density at radius 2 is 2.37 bits per heavy atom. The minimum Gasteiger partial charge on any atom is -0.378 e. The second-order valence-electron chi connectivity index (χ2n) is 5.07. The minimum atomic E-state index is 0.266. The van der Waals surface area contributed by atoms with E-state index >= 15 is 0 Å². The molecule has 0 aliphatic carbocycles. The lowest BCUT2D eigenvalue weighted by Gasteiger charge is -2.08. The molecule has 0 amide bonds. The fourth-order valence-electron chi connectivity index (χ4n) is 2.48. The fraction of sp³-hybridized carbons (Fsp3) is 0.714. The first-order valence-electron chi connectivity index (χ1n) is 6.95.